The van der Waals surface area contributed by atoms with Crippen LogP contribution < -0.4 is 0 Å². The fourth-order valence-corrected chi connectivity index (χ4v) is 1.92. The molecule has 0 spiro atoms. The van der Waals surface area contributed by atoms with Gasteiger partial charge < -0.3 is 5.11 Å². The van der Waals surface area contributed by atoms with Crippen molar-refractivity contribution in [1.29, 1.82) is 0 Å². The fourth-order valence-electron chi connectivity index (χ4n) is 1.73. The van der Waals surface area contributed by atoms with E-state index in [1.807, 2.05) is 6.07 Å². The minimum absolute atomic E-state index is 0.0892. The number of benzene rings is 1. The Morgan fingerprint density at radius 1 is 1.21 bits per heavy atom. The standard InChI is InChI=1S/C14H11NO3S/c16-13(10-4-1-3-9(7-10)8-19)11-5-2-6-15-12(11)14(17)18/h1-7,19H,8H2,(H,17,18). The Hall–Kier alpha value is -2.14. The van der Waals surface area contributed by atoms with Gasteiger partial charge in [0.1, 0.15) is 0 Å². The molecule has 0 aliphatic rings. The Labute approximate surface area is 115 Å². The van der Waals surface area contributed by atoms with Gasteiger partial charge in [0.05, 0.1) is 5.56 Å². The van der Waals surface area contributed by atoms with E-state index < -0.39 is 5.97 Å². The van der Waals surface area contributed by atoms with E-state index in [9.17, 15) is 9.59 Å². The predicted molar refractivity (Wildman–Crippen MR) is 73.8 cm³/mol. The van der Waals surface area contributed by atoms with Gasteiger partial charge in [0, 0.05) is 17.5 Å². The van der Waals surface area contributed by atoms with Gasteiger partial charge in [0.2, 0.25) is 0 Å². The maximum absolute atomic E-state index is 12.3. The Morgan fingerprint density at radius 3 is 2.68 bits per heavy atom. The van der Waals surface area contributed by atoms with Gasteiger partial charge >= 0.3 is 5.97 Å². The molecule has 0 aliphatic heterocycles. The number of ketones is 1. The van der Waals surface area contributed by atoms with Crippen LogP contribution in [0.15, 0.2) is 42.6 Å². The summed E-state index contributed by atoms with van der Waals surface area (Å²) >= 11 is 4.15. The number of aromatic carboxylic acids is 1. The zero-order valence-corrected chi connectivity index (χ0v) is 10.8. The van der Waals surface area contributed by atoms with Crippen LogP contribution in [0.1, 0.15) is 32.0 Å². The summed E-state index contributed by atoms with van der Waals surface area (Å²) < 4.78 is 0. The quantitative estimate of drug-likeness (QED) is 0.663. The molecule has 0 radical (unpaired) electrons. The number of carboxylic acids is 1. The number of pyridine rings is 1. The van der Waals surface area contributed by atoms with Crippen molar-refractivity contribution in [3.05, 3.63) is 65.0 Å². The highest BCUT2D eigenvalue weighted by Crippen LogP contribution is 2.15. The summed E-state index contributed by atoms with van der Waals surface area (Å²) in [6.07, 6.45) is 1.35. The lowest BCUT2D eigenvalue weighted by Crippen LogP contribution is -2.11. The van der Waals surface area contributed by atoms with Crippen LogP contribution in [0.2, 0.25) is 0 Å². The topological polar surface area (TPSA) is 67.3 Å². The van der Waals surface area contributed by atoms with Crippen LogP contribution in [-0.4, -0.2) is 21.8 Å². The molecule has 96 valence electrons. The minimum atomic E-state index is -1.21. The van der Waals surface area contributed by atoms with Crippen molar-refractivity contribution < 1.29 is 14.7 Å². The van der Waals surface area contributed by atoms with Crippen LogP contribution in [0.5, 0.6) is 0 Å². The van der Waals surface area contributed by atoms with Crippen LogP contribution >= 0.6 is 12.6 Å². The zero-order valence-electron chi connectivity index (χ0n) is 9.91. The highest BCUT2D eigenvalue weighted by atomic mass is 32.1. The van der Waals surface area contributed by atoms with Crippen molar-refractivity contribution >= 4 is 24.4 Å². The molecule has 0 unspecified atom stereocenters. The van der Waals surface area contributed by atoms with Crippen molar-refractivity contribution in [1.82, 2.24) is 4.98 Å². The maximum Gasteiger partial charge on any atom is 0.355 e. The lowest BCUT2D eigenvalue weighted by atomic mass is 10.0. The van der Waals surface area contributed by atoms with Gasteiger partial charge in [-0.1, -0.05) is 18.2 Å². The monoisotopic (exact) mass is 273 g/mol. The van der Waals surface area contributed by atoms with Gasteiger partial charge in [-0.25, -0.2) is 9.78 Å². The molecule has 1 aromatic carbocycles. The van der Waals surface area contributed by atoms with Crippen molar-refractivity contribution in [2.24, 2.45) is 0 Å². The number of rotatable bonds is 4. The summed E-state index contributed by atoms with van der Waals surface area (Å²) in [5.74, 6) is -1.05. The van der Waals surface area contributed by atoms with E-state index in [2.05, 4.69) is 17.6 Å². The molecule has 4 nitrogen and oxygen atoms in total. The lowest BCUT2D eigenvalue weighted by Gasteiger charge is -2.05. The molecule has 1 aromatic heterocycles. The van der Waals surface area contributed by atoms with Crippen molar-refractivity contribution in [3.8, 4) is 0 Å². The molecule has 0 aliphatic carbocycles. The Kier molecular flexibility index (Phi) is 3.97. The van der Waals surface area contributed by atoms with Crippen molar-refractivity contribution in [3.63, 3.8) is 0 Å². The molecule has 0 amide bonds. The summed E-state index contributed by atoms with van der Waals surface area (Å²) in [6, 6.07) is 9.96. The molecule has 0 bridgehead atoms. The molecule has 0 saturated heterocycles. The van der Waals surface area contributed by atoms with E-state index in [1.54, 1.807) is 24.3 Å². The first-order valence-electron chi connectivity index (χ1n) is 5.56. The first-order valence-corrected chi connectivity index (χ1v) is 6.19. The van der Waals surface area contributed by atoms with Gasteiger partial charge in [-0.2, -0.15) is 12.6 Å². The van der Waals surface area contributed by atoms with Crippen molar-refractivity contribution in [2.75, 3.05) is 0 Å². The second kappa shape index (κ2) is 5.67. The Balaban J connectivity index is 2.47. The summed E-state index contributed by atoms with van der Waals surface area (Å²) in [5.41, 5.74) is 1.19. The fraction of sp³-hybridized carbons (Fsp3) is 0.0714. The summed E-state index contributed by atoms with van der Waals surface area (Å²) in [6.45, 7) is 0. The van der Waals surface area contributed by atoms with Crippen molar-refractivity contribution in [2.45, 2.75) is 5.75 Å². The first-order chi connectivity index (χ1) is 9.13. The Bertz CT molecular complexity index is 640. The van der Waals surface area contributed by atoms with Crippen LogP contribution in [0.3, 0.4) is 0 Å². The third-order valence-corrected chi connectivity index (χ3v) is 2.99. The van der Waals surface area contributed by atoms with Gasteiger partial charge in [-0.05, 0) is 23.8 Å². The number of carbonyl (C=O) groups excluding carboxylic acids is 1. The third-order valence-electron chi connectivity index (χ3n) is 2.63. The van der Waals surface area contributed by atoms with E-state index in [4.69, 9.17) is 5.11 Å². The number of hydrogen-bond donors (Lipinski definition) is 2. The normalized spacial score (nSPS) is 10.2. The number of carboxylic acid groups (broad SMARTS) is 1. The molecule has 2 rings (SSSR count). The molecule has 5 heteroatoms. The van der Waals surface area contributed by atoms with Crippen LogP contribution in [0, 0.1) is 0 Å². The van der Waals surface area contributed by atoms with E-state index >= 15 is 0 Å². The summed E-state index contributed by atoms with van der Waals surface area (Å²) in [4.78, 5) is 27.1. The van der Waals surface area contributed by atoms with Gasteiger partial charge in [0.15, 0.2) is 11.5 Å². The van der Waals surface area contributed by atoms with Crippen LogP contribution in [-0.2, 0) is 5.75 Å². The van der Waals surface area contributed by atoms with Crippen LogP contribution in [0.25, 0.3) is 0 Å². The third kappa shape index (κ3) is 2.82. The molecular weight excluding hydrogens is 262 g/mol. The molecule has 0 saturated carbocycles. The number of aromatic nitrogens is 1. The predicted octanol–water partition coefficient (Wildman–Crippen LogP) is 2.44. The van der Waals surface area contributed by atoms with Gasteiger partial charge in [0.25, 0.3) is 0 Å². The molecule has 19 heavy (non-hydrogen) atoms. The zero-order chi connectivity index (χ0) is 13.8. The van der Waals surface area contributed by atoms with E-state index in [0.717, 1.165) is 5.56 Å². The average Bonchev–Trinajstić information content (AvgIpc) is 2.46. The SMILES string of the molecule is O=C(c1cccc(CS)c1)c1cccnc1C(=O)O. The summed E-state index contributed by atoms with van der Waals surface area (Å²) in [7, 11) is 0. The second-order valence-electron chi connectivity index (χ2n) is 3.89. The number of nitrogens with zero attached hydrogens (tertiary/aromatic N) is 1. The number of hydrogen-bond acceptors (Lipinski definition) is 4. The van der Waals surface area contributed by atoms with Crippen LogP contribution in [0.4, 0.5) is 0 Å². The average molecular weight is 273 g/mol. The molecule has 1 N–H and O–H groups in total. The smallest absolute Gasteiger partial charge is 0.355 e. The highest BCUT2D eigenvalue weighted by molar-refractivity contribution is 7.79. The molecular formula is C14H11NO3S. The first kappa shape index (κ1) is 13.3. The molecule has 2 aromatic rings. The van der Waals surface area contributed by atoms with E-state index in [0.29, 0.717) is 11.3 Å². The van der Waals surface area contributed by atoms with Gasteiger partial charge in [-0.3, -0.25) is 4.79 Å². The largest absolute Gasteiger partial charge is 0.476 e. The molecule has 1 heterocycles. The number of thiol groups is 1. The molecule has 0 atom stereocenters. The highest BCUT2D eigenvalue weighted by Gasteiger charge is 2.18. The molecule has 0 fully saturated rings. The van der Waals surface area contributed by atoms with E-state index in [-0.39, 0.29) is 17.0 Å². The summed E-state index contributed by atoms with van der Waals surface area (Å²) in [5, 5.41) is 9.04. The van der Waals surface area contributed by atoms with Gasteiger partial charge in [-0.15, -0.1) is 0 Å². The Morgan fingerprint density at radius 2 is 2.00 bits per heavy atom. The lowest BCUT2D eigenvalue weighted by molar-refractivity contribution is 0.0686. The second-order valence-corrected chi connectivity index (χ2v) is 4.21. The minimum Gasteiger partial charge on any atom is -0.476 e. The number of carbonyl (C=O) groups is 2. The maximum atomic E-state index is 12.3. The van der Waals surface area contributed by atoms with E-state index in [1.165, 1.54) is 12.3 Å².